The highest BCUT2D eigenvalue weighted by Gasteiger charge is 2.36. The number of hydrazone groups is 1. The number of hydrogen-bond donors (Lipinski definition) is 1. The van der Waals surface area contributed by atoms with Crippen molar-refractivity contribution in [2.75, 3.05) is 13.1 Å². The Kier molecular flexibility index (Phi) is 7.13. The average Bonchev–Trinajstić information content (AvgIpc) is 3.53. The summed E-state index contributed by atoms with van der Waals surface area (Å²) in [7, 11) is 0. The molecule has 0 unspecified atom stereocenters. The lowest BCUT2D eigenvalue weighted by atomic mass is 10.1. The Labute approximate surface area is 222 Å². The summed E-state index contributed by atoms with van der Waals surface area (Å²) >= 11 is 13.5. The van der Waals surface area contributed by atoms with Crippen molar-refractivity contribution in [3.05, 3.63) is 69.2 Å². The Morgan fingerprint density at radius 3 is 2.50 bits per heavy atom. The molecule has 1 saturated heterocycles. The molecule has 0 aromatic heterocycles. The number of carbonyl (C=O) groups excluding carboxylic acids is 2. The lowest BCUT2D eigenvalue weighted by molar-refractivity contribution is -0.128. The lowest BCUT2D eigenvalue weighted by Crippen LogP contribution is -2.35. The number of amides is 2. The fourth-order valence-electron chi connectivity index (χ4n) is 3.96. The number of likely N-dealkylation sites (tertiary alicyclic amines) is 1. The predicted molar refractivity (Wildman–Crippen MR) is 143 cm³/mol. The van der Waals surface area contributed by atoms with Crippen molar-refractivity contribution in [3.8, 4) is 5.75 Å². The summed E-state index contributed by atoms with van der Waals surface area (Å²) in [6.45, 7) is 1.74. The number of hydrogen-bond acceptors (Lipinski definition) is 6. The smallest absolute Gasteiger partial charge is 0.283 e. The zero-order valence-corrected chi connectivity index (χ0v) is 21.4. The van der Waals surface area contributed by atoms with E-state index in [1.54, 1.807) is 48.5 Å². The molecule has 184 valence electrons. The van der Waals surface area contributed by atoms with E-state index in [2.05, 4.69) is 10.1 Å². The van der Waals surface area contributed by atoms with Gasteiger partial charge in [0.25, 0.3) is 5.91 Å². The number of halogens is 2. The summed E-state index contributed by atoms with van der Waals surface area (Å²) in [5, 5.41) is 16.1. The molecule has 0 saturated carbocycles. The van der Waals surface area contributed by atoms with Crippen LogP contribution in [0.25, 0.3) is 6.08 Å². The van der Waals surface area contributed by atoms with Crippen LogP contribution in [0.3, 0.4) is 0 Å². The molecule has 0 radical (unpaired) electrons. The number of fused-ring (bicyclic) bond motifs is 1. The fourth-order valence-corrected chi connectivity index (χ4v) is 5.35. The zero-order valence-electron chi connectivity index (χ0n) is 19.0. The molecular weight excluding hydrogens is 521 g/mol. The van der Waals surface area contributed by atoms with Crippen LogP contribution in [-0.2, 0) is 16.2 Å². The van der Waals surface area contributed by atoms with Gasteiger partial charge in [0.1, 0.15) is 17.4 Å². The molecule has 3 aliphatic heterocycles. The zero-order chi connectivity index (χ0) is 25.2. The number of amidine groups is 2. The van der Waals surface area contributed by atoms with Gasteiger partial charge < -0.3 is 9.64 Å². The molecule has 2 aromatic rings. The molecule has 1 N–H and O–H groups in total. The number of benzene rings is 2. The number of carbonyl (C=O) groups is 2. The van der Waals surface area contributed by atoms with Gasteiger partial charge in [-0.1, -0.05) is 41.4 Å². The van der Waals surface area contributed by atoms with Crippen molar-refractivity contribution < 1.29 is 14.3 Å². The first kappa shape index (κ1) is 24.5. The number of aliphatic imine (C=N–C) groups is 1. The first-order chi connectivity index (χ1) is 17.4. The van der Waals surface area contributed by atoms with Gasteiger partial charge in [0.05, 0.1) is 12.0 Å². The van der Waals surface area contributed by atoms with Crippen LogP contribution in [0.4, 0.5) is 0 Å². The van der Waals surface area contributed by atoms with E-state index in [4.69, 9.17) is 33.3 Å². The van der Waals surface area contributed by atoms with Crippen molar-refractivity contribution in [1.29, 1.82) is 5.41 Å². The van der Waals surface area contributed by atoms with E-state index in [1.165, 1.54) is 5.01 Å². The molecule has 3 aliphatic rings. The van der Waals surface area contributed by atoms with E-state index in [9.17, 15) is 9.59 Å². The Balaban J connectivity index is 1.26. The molecule has 11 heteroatoms. The van der Waals surface area contributed by atoms with Crippen LogP contribution in [0.5, 0.6) is 5.75 Å². The first-order valence-corrected chi connectivity index (χ1v) is 12.9. The van der Waals surface area contributed by atoms with Crippen LogP contribution >= 0.6 is 35.0 Å². The quantitative estimate of drug-likeness (QED) is 0.506. The van der Waals surface area contributed by atoms with E-state index in [0.29, 0.717) is 37.1 Å². The molecule has 0 bridgehead atoms. The minimum absolute atomic E-state index is 0.00642. The normalized spacial score (nSPS) is 18.4. The summed E-state index contributed by atoms with van der Waals surface area (Å²) in [5.74, 6) is 0.0165. The molecule has 1 fully saturated rings. The number of thioether (sulfide) groups is 1. The van der Waals surface area contributed by atoms with Gasteiger partial charge in [0.15, 0.2) is 5.84 Å². The molecule has 2 amide bonds. The van der Waals surface area contributed by atoms with Gasteiger partial charge in [0, 0.05) is 28.7 Å². The topological polar surface area (TPSA) is 98.4 Å². The van der Waals surface area contributed by atoms with Crippen molar-refractivity contribution in [3.63, 3.8) is 0 Å². The second-order valence-electron chi connectivity index (χ2n) is 8.34. The van der Waals surface area contributed by atoms with E-state index in [0.717, 1.165) is 37.7 Å². The molecule has 36 heavy (non-hydrogen) atoms. The van der Waals surface area contributed by atoms with Gasteiger partial charge in [-0.2, -0.15) is 15.1 Å². The highest BCUT2D eigenvalue weighted by molar-refractivity contribution is 8.27. The lowest BCUT2D eigenvalue weighted by Gasteiger charge is -2.20. The highest BCUT2D eigenvalue weighted by Crippen LogP contribution is 2.30. The van der Waals surface area contributed by atoms with Gasteiger partial charge in [-0.25, -0.2) is 0 Å². The maximum absolute atomic E-state index is 12.7. The minimum Gasteiger partial charge on any atom is -0.489 e. The summed E-state index contributed by atoms with van der Waals surface area (Å²) in [6, 6.07) is 12.3. The Morgan fingerprint density at radius 2 is 1.81 bits per heavy atom. The van der Waals surface area contributed by atoms with E-state index < -0.39 is 5.91 Å². The molecule has 2 aromatic carbocycles. The van der Waals surface area contributed by atoms with Crippen LogP contribution in [0, 0.1) is 5.41 Å². The van der Waals surface area contributed by atoms with Crippen LogP contribution < -0.4 is 4.74 Å². The molecule has 5 rings (SSSR count). The maximum Gasteiger partial charge on any atom is 0.283 e. The Bertz CT molecular complexity index is 1310. The average molecular weight is 542 g/mol. The fraction of sp³-hybridized carbons (Fsp3) is 0.240. The molecule has 0 aliphatic carbocycles. The number of rotatable bonds is 6. The van der Waals surface area contributed by atoms with Crippen molar-refractivity contribution in [2.24, 2.45) is 10.1 Å². The first-order valence-electron chi connectivity index (χ1n) is 11.3. The van der Waals surface area contributed by atoms with Gasteiger partial charge in [-0.15, -0.1) is 0 Å². The number of nitrogens with one attached hydrogen (secondary N) is 1. The number of ether oxygens (including phenoxy) is 1. The van der Waals surface area contributed by atoms with Crippen molar-refractivity contribution in [2.45, 2.75) is 25.9 Å². The molecule has 0 spiro atoms. The highest BCUT2D eigenvalue weighted by atomic mass is 35.5. The third-order valence-corrected chi connectivity index (χ3v) is 7.51. The third kappa shape index (κ3) is 5.18. The predicted octanol–water partition coefficient (Wildman–Crippen LogP) is 5.20. The standard InChI is InChI=1S/C25H21Cl2N5O3S/c26-19-4-3-5-20(27)18(19)14-35-16-8-6-15(7-9-16)12-17-23(28)32-25(29-24(17)34)36-21(30-32)13-22(33)31-10-1-2-11-31/h3-9,12,28H,1-2,10-11,13-14H2. The number of nitrogens with zero attached hydrogens (tertiary/aromatic N) is 4. The van der Waals surface area contributed by atoms with Gasteiger partial charge in [-0.05, 0) is 60.5 Å². The van der Waals surface area contributed by atoms with Crippen molar-refractivity contribution >= 4 is 68.9 Å². The summed E-state index contributed by atoms with van der Waals surface area (Å²) < 4.78 is 5.80. The molecule has 3 heterocycles. The Morgan fingerprint density at radius 1 is 1.11 bits per heavy atom. The second kappa shape index (κ2) is 10.5. The third-order valence-electron chi connectivity index (χ3n) is 5.89. The monoisotopic (exact) mass is 541 g/mol. The van der Waals surface area contributed by atoms with E-state index in [-0.39, 0.29) is 30.3 Å². The summed E-state index contributed by atoms with van der Waals surface area (Å²) in [5.41, 5.74) is 1.52. The SMILES string of the molecule is N=C1C(=Cc2ccc(OCc3c(Cl)cccc3Cl)cc2)C(=O)N=C2SC(CC(=O)N3CCCC3)=NN12. The van der Waals surface area contributed by atoms with Crippen LogP contribution in [0.15, 0.2) is 58.1 Å². The van der Waals surface area contributed by atoms with Crippen LogP contribution in [-0.4, -0.2) is 50.9 Å². The van der Waals surface area contributed by atoms with Crippen LogP contribution in [0.1, 0.15) is 30.4 Å². The maximum atomic E-state index is 12.7. The van der Waals surface area contributed by atoms with Gasteiger partial charge >= 0.3 is 0 Å². The van der Waals surface area contributed by atoms with E-state index >= 15 is 0 Å². The van der Waals surface area contributed by atoms with Crippen molar-refractivity contribution in [1.82, 2.24) is 9.91 Å². The van der Waals surface area contributed by atoms with Crippen LogP contribution in [0.2, 0.25) is 10.0 Å². The largest absolute Gasteiger partial charge is 0.489 e. The van der Waals surface area contributed by atoms with Gasteiger partial charge in [0.2, 0.25) is 11.1 Å². The summed E-state index contributed by atoms with van der Waals surface area (Å²) in [4.78, 5) is 31.0. The molecule has 8 nitrogen and oxygen atoms in total. The minimum atomic E-state index is -0.519. The summed E-state index contributed by atoms with van der Waals surface area (Å²) in [6.07, 6.45) is 3.76. The second-order valence-corrected chi connectivity index (χ2v) is 10.2. The Hall–Kier alpha value is -3.14. The van der Waals surface area contributed by atoms with Gasteiger partial charge in [-0.3, -0.25) is 15.0 Å². The molecule has 0 atom stereocenters. The van der Waals surface area contributed by atoms with E-state index in [1.807, 2.05) is 4.90 Å². The molecular formula is C25H21Cl2N5O3S.